The molecule has 0 unspecified atom stereocenters. The first-order valence-electron chi connectivity index (χ1n) is 4.27. The summed E-state index contributed by atoms with van der Waals surface area (Å²) in [7, 11) is 3.22. The maximum atomic E-state index is 5.92. The van der Waals surface area contributed by atoms with E-state index in [2.05, 4.69) is 47.8 Å². The SMILES string of the molecule is CNc1cc(Cl)nc2c(C#CSI)cnn12. The van der Waals surface area contributed by atoms with E-state index in [0.29, 0.717) is 10.8 Å². The van der Waals surface area contributed by atoms with E-state index in [0.717, 1.165) is 11.4 Å². The smallest absolute Gasteiger partial charge is 0.174 e. The van der Waals surface area contributed by atoms with Gasteiger partial charge in [0.25, 0.3) is 0 Å². The standard InChI is InChI=1S/C9H6ClIN4S/c1-12-8-4-7(10)14-9-6(2-3-16-11)5-13-15(8)9/h4-5,12H,1H3. The van der Waals surface area contributed by atoms with Crippen molar-refractivity contribution in [3.63, 3.8) is 0 Å². The van der Waals surface area contributed by atoms with Crippen molar-refractivity contribution in [3.8, 4) is 11.2 Å². The van der Waals surface area contributed by atoms with Gasteiger partial charge in [0.1, 0.15) is 11.0 Å². The molecule has 0 aliphatic heterocycles. The van der Waals surface area contributed by atoms with Crippen LogP contribution in [-0.4, -0.2) is 21.6 Å². The van der Waals surface area contributed by atoms with Gasteiger partial charge in [-0.15, -0.1) is 0 Å². The Hall–Kier alpha value is -0.650. The van der Waals surface area contributed by atoms with Gasteiger partial charge in [0.2, 0.25) is 0 Å². The topological polar surface area (TPSA) is 42.2 Å². The molecule has 82 valence electrons. The summed E-state index contributed by atoms with van der Waals surface area (Å²) in [6.45, 7) is 0. The van der Waals surface area contributed by atoms with Crippen molar-refractivity contribution < 1.29 is 0 Å². The number of anilines is 1. The summed E-state index contributed by atoms with van der Waals surface area (Å²) in [5, 5.41) is 10.5. The minimum absolute atomic E-state index is 0.419. The highest BCUT2D eigenvalue weighted by Gasteiger charge is 2.08. The summed E-state index contributed by atoms with van der Waals surface area (Å²) in [6, 6.07) is 1.71. The van der Waals surface area contributed by atoms with Gasteiger partial charge in [-0.1, -0.05) is 11.6 Å². The van der Waals surface area contributed by atoms with Crippen LogP contribution in [0.1, 0.15) is 5.56 Å². The van der Waals surface area contributed by atoms with Crippen LogP contribution in [0.3, 0.4) is 0 Å². The predicted octanol–water partition coefficient (Wildman–Crippen LogP) is 2.82. The Labute approximate surface area is 114 Å². The summed E-state index contributed by atoms with van der Waals surface area (Å²) in [5.74, 6) is 3.75. The van der Waals surface area contributed by atoms with Crippen LogP contribution in [0.25, 0.3) is 5.65 Å². The van der Waals surface area contributed by atoms with Gasteiger partial charge in [0.15, 0.2) is 5.65 Å². The molecule has 0 aromatic carbocycles. The highest BCUT2D eigenvalue weighted by Crippen LogP contribution is 2.18. The molecular weight excluding hydrogens is 359 g/mol. The largest absolute Gasteiger partial charge is 0.373 e. The fourth-order valence-corrected chi connectivity index (χ4v) is 1.94. The van der Waals surface area contributed by atoms with Crippen LogP contribution in [0.5, 0.6) is 0 Å². The van der Waals surface area contributed by atoms with Gasteiger partial charge in [-0.2, -0.15) is 9.61 Å². The molecule has 0 bridgehead atoms. The number of aromatic nitrogens is 3. The highest BCUT2D eigenvalue weighted by molar-refractivity contribution is 14.2. The average molecular weight is 365 g/mol. The minimum Gasteiger partial charge on any atom is -0.373 e. The number of rotatable bonds is 1. The molecule has 0 saturated heterocycles. The lowest BCUT2D eigenvalue weighted by molar-refractivity contribution is 0.943. The Morgan fingerprint density at radius 1 is 1.62 bits per heavy atom. The number of halogens is 2. The van der Waals surface area contributed by atoms with E-state index in [9.17, 15) is 0 Å². The molecule has 0 saturated carbocycles. The van der Waals surface area contributed by atoms with Crippen molar-refractivity contribution in [2.45, 2.75) is 0 Å². The molecule has 0 fully saturated rings. The third kappa shape index (κ3) is 2.21. The zero-order chi connectivity index (χ0) is 11.5. The number of hydrogen-bond donors (Lipinski definition) is 1. The van der Waals surface area contributed by atoms with Crippen LogP contribution < -0.4 is 5.32 Å². The van der Waals surface area contributed by atoms with Crippen molar-refractivity contribution in [1.29, 1.82) is 0 Å². The van der Waals surface area contributed by atoms with Crippen molar-refractivity contribution in [2.24, 2.45) is 0 Å². The second kappa shape index (κ2) is 5.12. The fraction of sp³-hybridized carbons (Fsp3) is 0.111. The maximum Gasteiger partial charge on any atom is 0.174 e. The second-order valence-corrected chi connectivity index (χ2v) is 4.88. The first kappa shape index (κ1) is 11.8. The molecule has 2 aromatic heterocycles. The van der Waals surface area contributed by atoms with E-state index in [1.807, 2.05) is 0 Å². The zero-order valence-corrected chi connectivity index (χ0v) is 11.9. The fourth-order valence-electron chi connectivity index (χ4n) is 1.27. The third-order valence-electron chi connectivity index (χ3n) is 1.92. The summed E-state index contributed by atoms with van der Waals surface area (Å²) in [4.78, 5) is 4.21. The van der Waals surface area contributed by atoms with E-state index >= 15 is 0 Å². The summed E-state index contributed by atoms with van der Waals surface area (Å²) >= 11 is 8.03. The van der Waals surface area contributed by atoms with Crippen LogP contribution >= 0.6 is 41.7 Å². The van der Waals surface area contributed by atoms with Gasteiger partial charge in [-0.3, -0.25) is 0 Å². The molecule has 0 aliphatic carbocycles. The van der Waals surface area contributed by atoms with E-state index in [4.69, 9.17) is 11.6 Å². The Bertz CT molecular complexity index is 586. The van der Waals surface area contributed by atoms with Crippen LogP contribution in [0.15, 0.2) is 12.3 Å². The molecule has 0 atom stereocenters. The molecule has 0 aliphatic rings. The lowest BCUT2D eigenvalue weighted by atomic mass is 10.3. The van der Waals surface area contributed by atoms with Crippen molar-refractivity contribution in [1.82, 2.24) is 14.6 Å². The summed E-state index contributed by atoms with van der Waals surface area (Å²) < 4.78 is 1.67. The highest BCUT2D eigenvalue weighted by atomic mass is 127. The summed E-state index contributed by atoms with van der Waals surface area (Å²) in [6.07, 6.45) is 1.68. The van der Waals surface area contributed by atoms with Gasteiger partial charge in [-0.05, 0) is 20.1 Å². The lowest BCUT2D eigenvalue weighted by Crippen LogP contribution is -2.00. The molecule has 0 radical (unpaired) electrons. The van der Waals surface area contributed by atoms with Crippen LogP contribution in [0.4, 0.5) is 5.82 Å². The molecule has 16 heavy (non-hydrogen) atoms. The molecule has 7 heteroatoms. The van der Waals surface area contributed by atoms with Crippen LogP contribution in [-0.2, 0) is 0 Å². The van der Waals surface area contributed by atoms with E-state index in [1.165, 1.54) is 8.93 Å². The molecule has 2 rings (SSSR count). The number of hydrogen-bond acceptors (Lipinski definition) is 4. The predicted molar refractivity (Wildman–Crippen MR) is 76.0 cm³/mol. The van der Waals surface area contributed by atoms with Gasteiger partial charge < -0.3 is 5.32 Å². The Morgan fingerprint density at radius 2 is 2.44 bits per heavy atom. The molecular formula is C9H6ClIN4S. The molecule has 2 aromatic rings. The monoisotopic (exact) mass is 364 g/mol. The van der Waals surface area contributed by atoms with Gasteiger partial charge in [0.05, 0.1) is 11.8 Å². The number of nitrogens with one attached hydrogen (secondary N) is 1. The van der Waals surface area contributed by atoms with Crippen LogP contribution in [0, 0.1) is 11.2 Å². The Morgan fingerprint density at radius 3 is 3.12 bits per heavy atom. The van der Waals surface area contributed by atoms with Gasteiger partial charge >= 0.3 is 0 Å². The summed E-state index contributed by atoms with van der Waals surface area (Å²) in [5.41, 5.74) is 1.43. The van der Waals surface area contributed by atoms with Gasteiger partial charge in [-0.25, -0.2) is 4.98 Å². The minimum atomic E-state index is 0.419. The Balaban J connectivity index is 2.67. The van der Waals surface area contributed by atoms with Crippen molar-refractivity contribution >= 4 is 53.2 Å². The van der Waals surface area contributed by atoms with E-state index in [-0.39, 0.29) is 0 Å². The first-order valence-corrected chi connectivity index (χ1v) is 8.00. The second-order valence-electron chi connectivity index (χ2n) is 2.81. The lowest BCUT2D eigenvalue weighted by Gasteiger charge is -2.03. The van der Waals surface area contributed by atoms with E-state index < -0.39 is 0 Å². The molecule has 2 heterocycles. The van der Waals surface area contributed by atoms with Crippen LogP contribution in [0.2, 0.25) is 5.15 Å². The van der Waals surface area contributed by atoms with Crippen molar-refractivity contribution in [2.75, 3.05) is 12.4 Å². The molecule has 0 spiro atoms. The average Bonchev–Trinajstić information content (AvgIpc) is 2.68. The third-order valence-corrected chi connectivity index (χ3v) is 2.95. The first-order chi connectivity index (χ1) is 7.76. The molecule has 0 amide bonds. The zero-order valence-electron chi connectivity index (χ0n) is 8.16. The Kier molecular flexibility index (Phi) is 3.78. The van der Waals surface area contributed by atoms with Crippen molar-refractivity contribution in [3.05, 3.63) is 23.0 Å². The normalized spacial score (nSPS) is 9.94. The molecule has 4 nitrogen and oxygen atoms in total. The maximum absolute atomic E-state index is 5.92. The number of fused-ring (bicyclic) bond motifs is 1. The quantitative estimate of drug-likeness (QED) is 0.480. The van der Waals surface area contributed by atoms with E-state index in [1.54, 1.807) is 23.8 Å². The number of nitrogens with zero attached hydrogens (tertiary/aromatic N) is 3. The molecule has 1 N–H and O–H groups in total. The van der Waals surface area contributed by atoms with Gasteiger partial charge in [0, 0.05) is 34.3 Å².